The predicted octanol–water partition coefficient (Wildman–Crippen LogP) is 2.00. The van der Waals surface area contributed by atoms with Crippen LogP contribution in [0, 0.1) is 10.1 Å². The Morgan fingerprint density at radius 2 is 2.00 bits per heavy atom. The molecule has 0 fully saturated rings. The maximum atomic E-state index is 10.4. The van der Waals surface area contributed by atoms with Gasteiger partial charge < -0.3 is 15.4 Å². The van der Waals surface area contributed by atoms with Crippen LogP contribution in [0.5, 0.6) is 0 Å². The van der Waals surface area contributed by atoms with Gasteiger partial charge in [0.1, 0.15) is 0 Å². The molecule has 0 amide bonds. The lowest BCUT2D eigenvalue weighted by Gasteiger charge is -2.03. The summed E-state index contributed by atoms with van der Waals surface area (Å²) in [6.07, 6.45) is 4.87. The molecule has 6 nitrogen and oxygen atoms in total. The van der Waals surface area contributed by atoms with Crippen LogP contribution in [0.3, 0.4) is 0 Å². The molecule has 2 aromatic rings. The van der Waals surface area contributed by atoms with E-state index in [2.05, 4.69) is 15.3 Å². The van der Waals surface area contributed by atoms with Gasteiger partial charge in [-0.25, -0.2) is 0 Å². The van der Waals surface area contributed by atoms with E-state index in [1.165, 1.54) is 12.3 Å². The summed E-state index contributed by atoms with van der Waals surface area (Å²) >= 11 is 0. The Labute approximate surface area is 97.5 Å². The van der Waals surface area contributed by atoms with Crippen LogP contribution in [0.4, 0.5) is 11.5 Å². The van der Waals surface area contributed by atoms with Crippen molar-refractivity contribution >= 4 is 11.5 Å². The first kappa shape index (κ1) is 11.0. The third-order valence-electron chi connectivity index (χ3n) is 2.18. The minimum absolute atomic E-state index is 0.153. The molecule has 17 heavy (non-hydrogen) atoms. The Balaban J connectivity index is 1.98. The molecule has 2 aromatic heterocycles. The van der Waals surface area contributed by atoms with Gasteiger partial charge in [-0.3, -0.25) is 4.98 Å². The molecule has 6 heteroatoms. The molecule has 0 unspecified atom stereocenters. The zero-order valence-corrected chi connectivity index (χ0v) is 8.91. The standard InChI is InChI=1S/C11H10N4O2/c16-15(17)11-2-1-10(8-14-11)13-7-9-3-5-12-6-4-9/h1-6,8,13H,7H2. The molecule has 0 saturated carbocycles. The summed E-state index contributed by atoms with van der Waals surface area (Å²) in [5.41, 5.74) is 1.82. The first-order chi connectivity index (χ1) is 8.25. The summed E-state index contributed by atoms with van der Waals surface area (Å²) in [4.78, 5) is 17.5. The van der Waals surface area contributed by atoms with Gasteiger partial charge in [-0.15, -0.1) is 0 Å². The Morgan fingerprint density at radius 3 is 2.59 bits per heavy atom. The minimum atomic E-state index is -0.521. The molecular weight excluding hydrogens is 220 g/mol. The van der Waals surface area contributed by atoms with Crippen LogP contribution < -0.4 is 5.32 Å². The highest BCUT2D eigenvalue weighted by atomic mass is 16.6. The van der Waals surface area contributed by atoms with Crippen molar-refractivity contribution in [3.8, 4) is 0 Å². The van der Waals surface area contributed by atoms with Gasteiger partial charge in [0, 0.05) is 25.0 Å². The average Bonchev–Trinajstić information content (AvgIpc) is 2.38. The molecule has 2 rings (SSSR count). The summed E-state index contributed by atoms with van der Waals surface area (Å²) in [6, 6.07) is 6.79. The van der Waals surface area contributed by atoms with Crippen LogP contribution in [-0.4, -0.2) is 14.9 Å². The van der Waals surface area contributed by atoms with Gasteiger partial charge in [-0.05, 0) is 33.7 Å². The van der Waals surface area contributed by atoms with Gasteiger partial charge in [-0.2, -0.15) is 0 Å². The lowest BCUT2D eigenvalue weighted by Crippen LogP contribution is -2.00. The van der Waals surface area contributed by atoms with Crippen molar-refractivity contribution in [3.63, 3.8) is 0 Å². The van der Waals surface area contributed by atoms with E-state index < -0.39 is 4.92 Å². The molecule has 2 heterocycles. The van der Waals surface area contributed by atoms with Gasteiger partial charge in [0.25, 0.3) is 0 Å². The van der Waals surface area contributed by atoms with Crippen molar-refractivity contribution in [2.75, 3.05) is 5.32 Å². The number of nitrogens with zero attached hydrogens (tertiary/aromatic N) is 3. The second kappa shape index (κ2) is 5.02. The SMILES string of the molecule is O=[N+]([O-])c1ccc(NCc2ccncc2)cn1. The highest BCUT2D eigenvalue weighted by Gasteiger charge is 2.05. The third kappa shape index (κ3) is 2.97. The highest BCUT2D eigenvalue weighted by Crippen LogP contribution is 2.12. The number of nitrogens with one attached hydrogen (secondary N) is 1. The number of aromatic nitrogens is 2. The lowest BCUT2D eigenvalue weighted by atomic mass is 10.2. The summed E-state index contributed by atoms with van der Waals surface area (Å²) in [5.74, 6) is -0.153. The molecule has 0 aliphatic rings. The van der Waals surface area contributed by atoms with Crippen molar-refractivity contribution < 1.29 is 4.92 Å². The fourth-order valence-electron chi connectivity index (χ4n) is 1.30. The van der Waals surface area contributed by atoms with E-state index in [-0.39, 0.29) is 5.82 Å². The molecule has 86 valence electrons. The van der Waals surface area contributed by atoms with E-state index in [1.54, 1.807) is 18.5 Å². The van der Waals surface area contributed by atoms with Gasteiger partial charge >= 0.3 is 5.82 Å². The van der Waals surface area contributed by atoms with Crippen molar-refractivity contribution in [1.29, 1.82) is 0 Å². The Kier molecular flexibility index (Phi) is 3.25. The zero-order chi connectivity index (χ0) is 12.1. The quantitative estimate of drug-likeness (QED) is 0.641. The zero-order valence-electron chi connectivity index (χ0n) is 8.91. The average molecular weight is 230 g/mol. The molecular formula is C11H10N4O2. The summed E-state index contributed by atoms with van der Waals surface area (Å²) in [6.45, 7) is 0.627. The maximum Gasteiger partial charge on any atom is 0.363 e. The summed E-state index contributed by atoms with van der Waals surface area (Å²) in [5, 5.41) is 13.5. The number of hydrogen-bond donors (Lipinski definition) is 1. The number of nitro groups is 1. The monoisotopic (exact) mass is 230 g/mol. The van der Waals surface area contributed by atoms with E-state index in [9.17, 15) is 10.1 Å². The summed E-state index contributed by atoms with van der Waals surface area (Å²) in [7, 11) is 0. The largest absolute Gasteiger partial charge is 0.378 e. The molecule has 0 radical (unpaired) electrons. The van der Waals surface area contributed by atoms with Gasteiger partial charge in [0.05, 0.1) is 5.69 Å². The number of pyridine rings is 2. The number of anilines is 1. The van der Waals surface area contributed by atoms with Crippen LogP contribution in [0.15, 0.2) is 42.9 Å². The topological polar surface area (TPSA) is 81.0 Å². The molecule has 0 spiro atoms. The van der Waals surface area contributed by atoms with Crippen LogP contribution in [0.2, 0.25) is 0 Å². The molecule has 0 atom stereocenters. The van der Waals surface area contributed by atoms with Crippen LogP contribution >= 0.6 is 0 Å². The van der Waals surface area contributed by atoms with Gasteiger partial charge in [0.15, 0.2) is 6.20 Å². The molecule has 0 saturated heterocycles. The lowest BCUT2D eigenvalue weighted by molar-refractivity contribution is -0.389. The minimum Gasteiger partial charge on any atom is -0.378 e. The molecule has 0 aliphatic heterocycles. The van der Waals surface area contributed by atoms with E-state index in [0.29, 0.717) is 6.54 Å². The molecule has 0 bridgehead atoms. The Bertz CT molecular complexity index is 499. The Hall–Kier alpha value is -2.50. The third-order valence-corrected chi connectivity index (χ3v) is 2.18. The van der Waals surface area contributed by atoms with Gasteiger partial charge in [-0.1, -0.05) is 0 Å². The molecule has 0 aliphatic carbocycles. The smallest absolute Gasteiger partial charge is 0.363 e. The van der Waals surface area contributed by atoms with Crippen molar-refractivity contribution in [2.24, 2.45) is 0 Å². The van der Waals surface area contributed by atoms with Crippen LogP contribution in [0.25, 0.3) is 0 Å². The van der Waals surface area contributed by atoms with Crippen molar-refractivity contribution in [2.45, 2.75) is 6.54 Å². The fourth-order valence-corrected chi connectivity index (χ4v) is 1.30. The number of rotatable bonds is 4. The predicted molar refractivity (Wildman–Crippen MR) is 62.5 cm³/mol. The van der Waals surface area contributed by atoms with Crippen LogP contribution in [-0.2, 0) is 6.54 Å². The number of hydrogen-bond acceptors (Lipinski definition) is 5. The van der Waals surface area contributed by atoms with Crippen LogP contribution in [0.1, 0.15) is 5.56 Å². The second-order valence-corrected chi connectivity index (χ2v) is 3.37. The highest BCUT2D eigenvalue weighted by molar-refractivity contribution is 5.43. The molecule has 1 N–H and O–H groups in total. The van der Waals surface area contributed by atoms with Gasteiger partial charge in [0.2, 0.25) is 0 Å². The second-order valence-electron chi connectivity index (χ2n) is 3.37. The fraction of sp³-hybridized carbons (Fsp3) is 0.0909. The van der Waals surface area contributed by atoms with E-state index >= 15 is 0 Å². The first-order valence-electron chi connectivity index (χ1n) is 4.99. The van der Waals surface area contributed by atoms with E-state index in [1.807, 2.05) is 12.1 Å². The maximum absolute atomic E-state index is 10.4. The van der Waals surface area contributed by atoms with Crippen molar-refractivity contribution in [1.82, 2.24) is 9.97 Å². The van der Waals surface area contributed by atoms with E-state index in [0.717, 1.165) is 11.3 Å². The summed E-state index contributed by atoms with van der Waals surface area (Å²) < 4.78 is 0. The van der Waals surface area contributed by atoms with Crippen molar-refractivity contribution in [3.05, 3.63) is 58.5 Å². The first-order valence-corrected chi connectivity index (χ1v) is 4.99. The molecule has 0 aromatic carbocycles. The Morgan fingerprint density at radius 1 is 1.24 bits per heavy atom. The van der Waals surface area contributed by atoms with E-state index in [4.69, 9.17) is 0 Å². The normalized spacial score (nSPS) is 9.88.